The summed E-state index contributed by atoms with van der Waals surface area (Å²) in [5, 5.41) is 27.8. The maximum Gasteiger partial charge on any atom is 0.332 e. The molecule has 24 heavy (non-hydrogen) atoms. The molecule has 122 valence electrons. The van der Waals surface area contributed by atoms with Crippen molar-refractivity contribution in [2.45, 2.75) is 0 Å². The zero-order chi connectivity index (χ0) is 17.3. The van der Waals surface area contributed by atoms with Crippen molar-refractivity contribution >= 4 is 22.6 Å². The maximum absolute atomic E-state index is 12.7. The van der Waals surface area contributed by atoms with Gasteiger partial charge in [-0.15, -0.1) is 10.2 Å². The Morgan fingerprint density at radius 1 is 1.42 bits per heavy atom. The van der Waals surface area contributed by atoms with E-state index in [0.29, 0.717) is 10.9 Å². The van der Waals surface area contributed by atoms with Crippen LogP contribution >= 0.6 is 0 Å². The highest BCUT2D eigenvalue weighted by Crippen LogP contribution is 2.26. The number of fused-ring (bicyclic) bond motifs is 1. The minimum atomic E-state index is -0.951. The zero-order valence-corrected chi connectivity index (χ0v) is 12.4. The highest BCUT2D eigenvalue weighted by Gasteiger charge is 2.23. The van der Waals surface area contributed by atoms with Crippen LogP contribution in [0.2, 0.25) is 0 Å². The van der Waals surface area contributed by atoms with E-state index in [-0.39, 0.29) is 22.8 Å². The summed E-state index contributed by atoms with van der Waals surface area (Å²) in [6, 6.07) is 5.83. The number of nitrogens with zero attached hydrogens (tertiary/aromatic N) is 5. The Morgan fingerprint density at radius 2 is 2.17 bits per heavy atom. The van der Waals surface area contributed by atoms with Crippen molar-refractivity contribution in [3.63, 3.8) is 0 Å². The lowest BCUT2D eigenvalue weighted by Crippen LogP contribution is -2.30. The summed E-state index contributed by atoms with van der Waals surface area (Å²) >= 11 is 0. The van der Waals surface area contributed by atoms with E-state index in [2.05, 4.69) is 25.7 Å². The summed E-state index contributed by atoms with van der Waals surface area (Å²) in [4.78, 5) is 23.6. The third-order valence-corrected chi connectivity index (χ3v) is 3.35. The first-order valence-corrected chi connectivity index (χ1v) is 6.68. The van der Waals surface area contributed by atoms with Gasteiger partial charge < -0.3 is 15.4 Å². The first-order chi connectivity index (χ1) is 11.5. The van der Waals surface area contributed by atoms with Crippen LogP contribution in [-0.2, 0) is 7.05 Å². The number of primary amides is 1. The minimum absolute atomic E-state index is 0.0913. The van der Waals surface area contributed by atoms with E-state index < -0.39 is 11.6 Å². The number of H-pyrrole nitrogens is 1. The number of benzene rings is 1. The monoisotopic (exact) mass is 328 g/mol. The summed E-state index contributed by atoms with van der Waals surface area (Å²) in [6.45, 7) is 0. The van der Waals surface area contributed by atoms with E-state index in [1.54, 1.807) is 31.3 Å². The largest absolute Gasteiger partial charge is 0.506 e. The first kappa shape index (κ1) is 15.1. The molecule has 0 bridgehead atoms. The number of carbonyl (C=O) groups excluding carboxylic acids is 1. The summed E-state index contributed by atoms with van der Waals surface area (Å²) in [7, 11) is 1.54. The topological polar surface area (TPSA) is 164 Å². The predicted molar refractivity (Wildman–Crippen MR) is 83.4 cm³/mol. The number of hydrazone groups is 1. The second kappa shape index (κ2) is 5.79. The number of tetrazole rings is 1. The molecule has 0 atom stereocenters. The molecule has 1 aromatic carbocycles. The fourth-order valence-electron chi connectivity index (χ4n) is 2.28. The fraction of sp³-hybridized carbons (Fsp3) is 0.0769. The number of aromatic amines is 1. The van der Waals surface area contributed by atoms with E-state index in [1.807, 2.05) is 5.43 Å². The number of aryl methyl sites for hydroxylation is 1. The fourth-order valence-corrected chi connectivity index (χ4v) is 2.28. The number of aromatic nitrogens is 5. The maximum atomic E-state index is 12.7. The molecule has 0 aliphatic rings. The van der Waals surface area contributed by atoms with Gasteiger partial charge in [0.15, 0.2) is 0 Å². The van der Waals surface area contributed by atoms with Gasteiger partial charge in [-0.3, -0.25) is 4.79 Å². The molecule has 0 spiro atoms. The van der Waals surface area contributed by atoms with Crippen LogP contribution in [0.1, 0.15) is 11.4 Å². The van der Waals surface area contributed by atoms with Crippen molar-refractivity contribution < 1.29 is 9.90 Å². The van der Waals surface area contributed by atoms with Gasteiger partial charge in [-0.25, -0.2) is 10.2 Å². The van der Waals surface area contributed by atoms with Crippen molar-refractivity contribution in [2.75, 3.05) is 0 Å². The van der Waals surface area contributed by atoms with Gasteiger partial charge in [0.2, 0.25) is 5.82 Å². The van der Waals surface area contributed by atoms with Gasteiger partial charge >= 0.3 is 6.03 Å². The van der Waals surface area contributed by atoms with Gasteiger partial charge in [-0.05, 0) is 17.3 Å². The third kappa shape index (κ3) is 2.43. The Labute approximate surface area is 133 Å². The number of nitrogens with two attached hydrogens (primary N) is 1. The van der Waals surface area contributed by atoms with E-state index in [0.717, 1.165) is 0 Å². The van der Waals surface area contributed by atoms with E-state index in [4.69, 9.17) is 5.73 Å². The molecule has 0 saturated carbocycles. The molecule has 11 heteroatoms. The van der Waals surface area contributed by atoms with Crippen molar-refractivity contribution in [3.05, 3.63) is 46.0 Å². The van der Waals surface area contributed by atoms with Gasteiger partial charge in [-0.1, -0.05) is 12.1 Å². The molecule has 5 N–H and O–H groups in total. The normalized spacial score (nSPS) is 11.6. The van der Waals surface area contributed by atoms with Crippen molar-refractivity contribution in [1.82, 2.24) is 30.6 Å². The molecular weight excluding hydrogens is 316 g/mol. The first-order valence-electron chi connectivity index (χ1n) is 6.68. The average molecular weight is 328 g/mol. The van der Waals surface area contributed by atoms with E-state index >= 15 is 0 Å². The van der Waals surface area contributed by atoms with Gasteiger partial charge in [0, 0.05) is 12.4 Å². The molecule has 0 saturated heterocycles. The number of amides is 2. The zero-order valence-electron chi connectivity index (χ0n) is 12.4. The number of para-hydroxylation sites is 1. The molecule has 0 aliphatic carbocycles. The van der Waals surface area contributed by atoms with Crippen molar-refractivity contribution in [2.24, 2.45) is 17.9 Å². The van der Waals surface area contributed by atoms with Gasteiger partial charge in [0.25, 0.3) is 5.56 Å². The van der Waals surface area contributed by atoms with Crippen LogP contribution in [0.15, 0.2) is 34.2 Å². The van der Waals surface area contributed by atoms with Crippen LogP contribution in [-0.4, -0.2) is 42.0 Å². The van der Waals surface area contributed by atoms with E-state index in [9.17, 15) is 14.7 Å². The molecule has 0 radical (unpaired) electrons. The van der Waals surface area contributed by atoms with Crippen LogP contribution < -0.4 is 16.7 Å². The Balaban J connectivity index is 2.35. The van der Waals surface area contributed by atoms with Gasteiger partial charge in [0.1, 0.15) is 17.0 Å². The van der Waals surface area contributed by atoms with Gasteiger partial charge in [-0.2, -0.15) is 10.3 Å². The van der Waals surface area contributed by atoms with Crippen LogP contribution in [0.3, 0.4) is 0 Å². The summed E-state index contributed by atoms with van der Waals surface area (Å²) < 4.78 is 1.34. The number of nitrogens with one attached hydrogen (secondary N) is 2. The molecule has 2 heterocycles. The Bertz CT molecular complexity index is 1010. The highest BCUT2D eigenvalue weighted by molar-refractivity contribution is 6.14. The molecule has 2 amide bonds. The lowest BCUT2D eigenvalue weighted by atomic mass is 10.1. The Hall–Kier alpha value is -3.76. The smallest absolute Gasteiger partial charge is 0.332 e. The SMILES string of the molecule is Cn1c(=O)c(/C(=N/NC(N)=O)c2nn[nH]n2)c(O)c2ccccc21. The average Bonchev–Trinajstić information content (AvgIpc) is 3.10. The van der Waals surface area contributed by atoms with Crippen LogP contribution in [0.25, 0.3) is 10.9 Å². The highest BCUT2D eigenvalue weighted by atomic mass is 16.3. The predicted octanol–water partition coefficient (Wildman–Crippen LogP) is -0.822. The van der Waals surface area contributed by atoms with Crippen molar-refractivity contribution in [1.29, 1.82) is 0 Å². The molecular formula is C13H12N8O3. The molecule has 0 aliphatic heterocycles. The molecule has 11 nitrogen and oxygen atoms in total. The van der Waals surface area contributed by atoms with Crippen LogP contribution in [0.4, 0.5) is 4.79 Å². The Kier molecular flexibility index (Phi) is 3.66. The molecule has 2 aromatic heterocycles. The molecule has 3 aromatic rings. The Morgan fingerprint density at radius 3 is 2.83 bits per heavy atom. The molecule has 3 rings (SSSR count). The number of carbonyl (C=O) groups is 1. The van der Waals surface area contributed by atoms with Crippen LogP contribution in [0, 0.1) is 0 Å². The quantitative estimate of drug-likeness (QED) is 0.362. The minimum Gasteiger partial charge on any atom is -0.506 e. The third-order valence-electron chi connectivity index (χ3n) is 3.35. The second-order valence-corrected chi connectivity index (χ2v) is 4.78. The number of rotatable bonds is 3. The number of hydrogen-bond donors (Lipinski definition) is 4. The lowest BCUT2D eigenvalue weighted by molar-refractivity contribution is 0.249. The number of pyridine rings is 1. The number of aromatic hydroxyl groups is 1. The second-order valence-electron chi connectivity index (χ2n) is 4.78. The molecule has 0 unspecified atom stereocenters. The van der Waals surface area contributed by atoms with Crippen molar-refractivity contribution in [3.8, 4) is 5.75 Å². The summed E-state index contributed by atoms with van der Waals surface area (Å²) in [6.07, 6.45) is 0. The molecule has 0 fully saturated rings. The standard InChI is InChI=1S/C13H12N8O3/c1-21-7-5-3-2-4-6(7)10(22)8(12(21)23)9(15-18-13(14)24)11-16-19-20-17-11/h2-5,22H,1H3,(H3,14,18,24)(H,16,17,19,20)/b15-9-. The van der Waals surface area contributed by atoms with Crippen LogP contribution in [0.5, 0.6) is 5.75 Å². The summed E-state index contributed by atoms with van der Waals surface area (Å²) in [5.41, 5.74) is 6.61. The number of urea groups is 1. The van der Waals surface area contributed by atoms with E-state index in [1.165, 1.54) is 4.57 Å². The number of hydrogen-bond acceptors (Lipinski definition) is 7. The summed E-state index contributed by atoms with van der Waals surface area (Å²) in [5.74, 6) is -0.407. The lowest BCUT2D eigenvalue weighted by Gasteiger charge is -2.11. The van der Waals surface area contributed by atoms with Gasteiger partial charge in [0.05, 0.1) is 5.52 Å².